The number of anilines is 1. The van der Waals surface area contributed by atoms with Crippen molar-refractivity contribution in [1.29, 1.82) is 0 Å². The molecule has 0 spiro atoms. The smallest absolute Gasteiger partial charge is 0.416 e. The summed E-state index contributed by atoms with van der Waals surface area (Å²) in [7, 11) is 0. The molecule has 3 N–H and O–H groups in total. The van der Waals surface area contributed by atoms with Gasteiger partial charge in [0.25, 0.3) is 0 Å². The van der Waals surface area contributed by atoms with Gasteiger partial charge >= 0.3 is 12.1 Å². The number of rotatable bonds is 3. The van der Waals surface area contributed by atoms with Crippen LogP contribution in [0.3, 0.4) is 0 Å². The van der Waals surface area contributed by atoms with Gasteiger partial charge in [0.1, 0.15) is 5.56 Å². The normalized spacial score (nSPS) is 11.7. The predicted octanol–water partition coefficient (Wildman–Crippen LogP) is 5.02. The van der Waals surface area contributed by atoms with E-state index in [9.17, 15) is 23.1 Å². The molecule has 4 aromatic rings. The number of hydrogen-bond donors (Lipinski definition) is 2. The first-order valence-electron chi connectivity index (χ1n) is 8.51. The molecule has 0 fully saturated rings. The highest BCUT2D eigenvalue weighted by molar-refractivity contribution is 6.33. The standard InChI is InChI=1S/C20H12ClF3N4O2/c21-14-4-2-1-3-12(14)13-9-26-18-15(19(29)30)17(25)27-28(18)16(13)10-5-7-11(8-6-10)20(22,23)24/h1-9H,(H2,25,27)(H,29,30). The van der Waals surface area contributed by atoms with Crippen molar-refractivity contribution in [2.75, 3.05) is 5.73 Å². The number of carboxylic acid groups (broad SMARTS) is 1. The number of aromatic nitrogens is 3. The Morgan fingerprint density at radius 2 is 1.73 bits per heavy atom. The van der Waals surface area contributed by atoms with Crippen molar-refractivity contribution >= 4 is 29.0 Å². The average Bonchev–Trinajstić information content (AvgIpc) is 3.03. The maximum absolute atomic E-state index is 13.0. The lowest BCUT2D eigenvalue weighted by Gasteiger charge is -2.14. The number of halogens is 4. The molecule has 2 aromatic carbocycles. The van der Waals surface area contributed by atoms with E-state index in [2.05, 4.69) is 10.1 Å². The Bertz CT molecular complexity index is 1280. The second-order valence-corrected chi connectivity index (χ2v) is 6.78. The Morgan fingerprint density at radius 1 is 1.07 bits per heavy atom. The second-order valence-electron chi connectivity index (χ2n) is 6.38. The van der Waals surface area contributed by atoms with E-state index in [0.717, 1.165) is 12.1 Å². The SMILES string of the molecule is Nc1nn2c(-c3ccc(C(F)(F)F)cc3)c(-c3ccccc3Cl)cnc2c1C(=O)O. The van der Waals surface area contributed by atoms with Gasteiger partial charge in [-0.1, -0.05) is 41.9 Å². The van der Waals surface area contributed by atoms with Gasteiger partial charge in [-0.3, -0.25) is 0 Å². The number of carboxylic acids is 1. The fourth-order valence-corrected chi connectivity index (χ4v) is 3.42. The largest absolute Gasteiger partial charge is 0.477 e. The van der Waals surface area contributed by atoms with Crippen LogP contribution in [0.2, 0.25) is 5.02 Å². The fourth-order valence-electron chi connectivity index (χ4n) is 3.18. The van der Waals surface area contributed by atoms with Gasteiger partial charge in [0.15, 0.2) is 11.5 Å². The van der Waals surface area contributed by atoms with E-state index in [1.54, 1.807) is 24.3 Å². The maximum atomic E-state index is 13.0. The van der Waals surface area contributed by atoms with Crippen LogP contribution in [0.25, 0.3) is 28.0 Å². The minimum Gasteiger partial charge on any atom is -0.477 e. The van der Waals surface area contributed by atoms with Gasteiger partial charge < -0.3 is 10.8 Å². The molecule has 0 saturated heterocycles. The molecule has 0 aliphatic heterocycles. The van der Waals surface area contributed by atoms with Gasteiger partial charge in [0.2, 0.25) is 0 Å². The van der Waals surface area contributed by atoms with Crippen molar-refractivity contribution in [2.24, 2.45) is 0 Å². The minimum atomic E-state index is -4.50. The van der Waals surface area contributed by atoms with Crippen LogP contribution in [0, 0.1) is 0 Å². The van der Waals surface area contributed by atoms with E-state index in [1.165, 1.54) is 22.8 Å². The summed E-state index contributed by atoms with van der Waals surface area (Å²) in [6.45, 7) is 0. The zero-order chi connectivity index (χ0) is 21.6. The molecule has 0 aliphatic rings. The van der Waals surface area contributed by atoms with Crippen molar-refractivity contribution < 1.29 is 23.1 Å². The van der Waals surface area contributed by atoms with Crippen molar-refractivity contribution in [3.8, 4) is 22.4 Å². The zero-order valence-corrected chi connectivity index (χ0v) is 15.7. The number of nitrogen functional groups attached to an aromatic ring is 1. The molecule has 0 aliphatic carbocycles. The number of hydrogen-bond acceptors (Lipinski definition) is 4. The Hall–Kier alpha value is -3.59. The lowest BCUT2D eigenvalue weighted by atomic mass is 9.99. The summed E-state index contributed by atoms with van der Waals surface area (Å²) in [4.78, 5) is 15.8. The molecule has 0 saturated carbocycles. The first kappa shape index (κ1) is 19.7. The summed E-state index contributed by atoms with van der Waals surface area (Å²) in [5.41, 5.74) is 6.28. The third kappa shape index (κ3) is 3.22. The zero-order valence-electron chi connectivity index (χ0n) is 15.0. The lowest BCUT2D eigenvalue weighted by Crippen LogP contribution is -2.05. The summed E-state index contributed by atoms with van der Waals surface area (Å²) < 4.78 is 40.2. The van der Waals surface area contributed by atoms with Crippen molar-refractivity contribution in [1.82, 2.24) is 14.6 Å². The third-order valence-corrected chi connectivity index (χ3v) is 4.86. The van der Waals surface area contributed by atoms with Crippen molar-refractivity contribution in [3.05, 3.63) is 70.9 Å². The Morgan fingerprint density at radius 3 is 2.33 bits per heavy atom. The molecule has 30 heavy (non-hydrogen) atoms. The fraction of sp³-hybridized carbons (Fsp3) is 0.0500. The number of benzene rings is 2. The van der Waals surface area contributed by atoms with Crippen LogP contribution < -0.4 is 5.73 Å². The number of nitrogens with zero attached hydrogens (tertiary/aromatic N) is 3. The number of alkyl halides is 3. The van der Waals surface area contributed by atoms with Gasteiger partial charge in [-0.15, -0.1) is 5.10 Å². The molecule has 10 heteroatoms. The molecule has 152 valence electrons. The van der Waals surface area contributed by atoms with Crippen LogP contribution in [0.5, 0.6) is 0 Å². The van der Waals surface area contributed by atoms with Gasteiger partial charge in [0, 0.05) is 27.9 Å². The van der Waals surface area contributed by atoms with Crippen LogP contribution in [-0.2, 0) is 6.18 Å². The first-order valence-corrected chi connectivity index (χ1v) is 8.89. The van der Waals surface area contributed by atoms with Crippen LogP contribution in [-0.4, -0.2) is 25.7 Å². The van der Waals surface area contributed by atoms with Crippen molar-refractivity contribution in [3.63, 3.8) is 0 Å². The summed E-state index contributed by atoms with van der Waals surface area (Å²) in [5.74, 6) is -1.58. The highest BCUT2D eigenvalue weighted by atomic mass is 35.5. The quantitative estimate of drug-likeness (QED) is 0.474. The average molecular weight is 433 g/mol. The van der Waals surface area contributed by atoms with Crippen LogP contribution in [0.15, 0.2) is 54.7 Å². The van der Waals surface area contributed by atoms with Crippen LogP contribution in [0.1, 0.15) is 15.9 Å². The van der Waals surface area contributed by atoms with E-state index < -0.39 is 17.7 Å². The Balaban J connectivity index is 2.06. The summed E-state index contributed by atoms with van der Waals surface area (Å²) >= 11 is 6.32. The minimum absolute atomic E-state index is 0.0364. The summed E-state index contributed by atoms with van der Waals surface area (Å²) in [6.07, 6.45) is -3.10. The molecule has 2 aromatic heterocycles. The molecule has 0 unspecified atom stereocenters. The molecule has 0 radical (unpaired) electrons. The van der Waals surface area contributed by atoms with E-state index in [-0.39, 0.29) is 17.0 Å². The number of aromatic carboxylic acids is 1. The number of carbonyl (C=O) groups is 1. The van der Waals surface area contributed by atoms with Gasteiger partial charge in [-0.25, -0.2) is 14.3 Å². The van der Waals surface area contributed by atoms with E-state index in [1.807, 2.05) is 0 Å². The molecule has 6 nitrogen and oxygen atoms in total. The second kappa shape index (κ2) is 7.03. The monoisotopic (exact) mass is 432 g/mol. The topological polar surface area (TPSA) is 93.5 Å². The molecule has 4 rings (SSSR count). The van der Waals surface area contributed by atoms with E-state index in [0.29, 0.717) is 27.4 Å². The highest BCUT2D eigenvalue weighted by Crippen LogP contribution is 2.38. The van der Waals surface area contributed by atoms with Gasteiger partial charge in [0.05, 0.1) is 11.3 Å². The molecular formula is C20H12ClF3N4O2. The number of fused-ring (bicyclic) bond motifs is 1. The lowest BCUT2D eigenvalue weighted by molar-refractivity contribution is -0.137. The van der Waals surface area contributed by atoms with E-state index in [4.69, 9.17) is 17.3 Å². The maximum Gasteiger partial charge on any atom is 0.416 e. The van der Waals surface area contributed by atoms with Gasteiger partial charge in [-0.2, -0.15) is 13.2 Å². The van der Waals surface area contributed by atoms with Gasteiger partial charge in [-0.05, 0) is 18.2 Å². The Kier molecular flexibility index (Phi) is 4.62. The molecule has 2 heterocycles. The highest BCUT2D eigenvalue weighted by Gasteiger charge is 2.30. The summed E-state index contributed by atoms with van der Waals surface area (Å²) in [6, 6.07) is 11.2. The molecule has 0 amide bonds. The first-order chi connectivity index (χ1) is 14.2. The van der Waals surface area contributed by atoms with Crippen LogP contribution in [0.4, 0.5) is 19.0 Å². The molecule has 0 bridgehead atoms. The third-order valence-electron chi connectivity index (χ3n) is 4.53. The Labute approximate surface area is 172 Å². The predicted molar refractivity (Wildman–Crippen MR) is 105 cm³/mol. The molecule has 0 atom stereocenters. The van der Waals surface area contributed by atoms with Crippen LogP contribution >= 0.6 is 11.6 Å². The van der Waals surface area contributed by atoms with E-state index >= 15 is 0 Å². The summed E-state index contributed by atoms with van der Waals surface area (Å²) in [5, 5.41) is 13.9. The van der Waals surface area contributed by atoms with Crippen molar-refractivity contribution in [2.45, 2.75) is 6.18 Å². The number of nitrogens with two attached hydrogens (primary N) is 1. The molecular weight excluding hydrogens is 421 g/mol.